The number of nitrogens with zero attached hydrogens (tertiary/aromatic N) is 4. The van der Waals surface area contributed by atoms with Crippen LogP contribution in [0.2, 0.25) is 0 Å². The summed E-state index contributed by atoms with van der Waals surface area (Å²) in [5.74, 6) is -2.19. The fraction of sp³-hybridized carbons (Fsp3) is 0.458. The lowest BCUT2D eigenvalue weighted by Crippen LogP contribution is -2.71. The molecular weight excluding hydrogens is 613 g/mol. The lowest BCUT2D eigenvalue weighted by atomic mass is 10.0. The third-order valence-electron chi connectivity index (χ3n) is 5.67. The molecule has 4 heterocycles. The van der Waals surface area contributed by atoms with Gasteiger partial charge in [0.15, 0.2) is 15.2 Å². The van der Waals surface area contributed by atoms with Crippen molar-refractivity contribution in [2.45, 2.75) is 55.5 Å². The van der Waals surface area contributed by atoms with Gasteiger partial charge in [-0.3, -0.25) is 19.3 Å². The van der Waals surface area contributed by atoms with Gasteiger partial charge >= 0.3 is 11.9 Å². The number of hydrogen-bond donors (Lipinski definition) is 3. The van der Waals surface area contributed by atoms with Crippen molar-refractivity contribution in [2.24, 2.45) is 5.16 Å². The lowest BCUT2D eigenvalue weighted by Gasteiger charge is -2.49. The van der Waals surface area contributed by atoms with Crippen LogP contribution in [-0.4, -0.2) is 85.1 Å². The molecule has 220 valence electrons. The van der Waals surface area contributed by atoms with Crippen LogP contribution in [0, 0.1) is 6.92 Å². The van der Waals surface area contributed by atoms with Crippen LogP contribution >= 0.6 is 46.2 Å². The van der Waals surface area contributed by atoms with E-state index in [1.807, 2.05) is 6.92 Å². The molecule has 0 bridgehead atoms. The van der Waals surface area contributed by atoms with E-state index < -0.39 is 34.8 Å². The van der Waals surface area contributed by atoms with Crippen LogP contribution in [-0.2, 0) is 35.2 Å². The number of aryl methyl sites for hydroxylation is 1. The molecule has 0 spiro atoms. The quantitative estimate of drug-likeness (QED) is 0.113. The van der Waals surface area contributed by atoms with Gasteiger partial charge in [-0.1, -0.05) is 16.9 Å². The first-order valence-electron chi connectivity index (χ1n) is 12.1. The standard InChI is InChI=1S/C24H28N6O7S4/c1-10-13(6-14(31)37-24(2,3)4)41-23(26-10)40-8-11-7-38-20-16(19(33)30(20)17(11)21(34)35)28-18(32)15(29-36-5)12-9-39-22(25)27-12/h9,16,20H,6-8H2,1-5H3,(H2,25,27)(H,28,32)(H,34,35)/t16-,20+/m1/s1. The molecule has 2 aliphatic heterocycles. The lowest BCUT2D eigenvalue weighted by molar-refractivity contribution is -0.153. The van der Waals surface area contributed by atoms with E-state index in [0.29, 0.717) is 21.4 Å². The predicted octanol–water partition coefficient (Wildman–Crippen LogP) is 2.26. The summed E-state index contributed by atoms with van der Waals surface area (Å²) >= 11 is 5.16. The van der Waals surface area contributed by atoms with E-state index in [2.05, 4.69) is 20.4 Å². The number of nitrogens with two attached hydrogens (primary N) is 1. The van der Waals surface area contributed by atoms with Gasteiger partial charge in [0, 0.05) is 21.8 Å². The number of hydrogen-bond acceptors (Lipinski definition) is 14. The molecule has 0 aliphatic carbocycles. The number of carbonyl (C=O) groups is 4. The zero-order chi connectivity index (χ0) is 30.1. The summed E-state index contributed by atoms with van der Waals surface area (Å²) in [6.45, 7) is 7.22. The Morgan fingerprint density at radius 1 is 1.32 bits per heavy atom. The third kappa shape index (κ3) is 7.02. The number of ether oxygens (including phenoxy) is 1. The van der Waals surface area contributed by atoms with Crippen LogP contribution in [0.5, 0.6) is 0 Å². The van der Waals surface area contributed by atoms with Crippen LogP contribution in [0.1, 0.15) is 37.0 Å². The van der Waals surface area contributed by atoms with Crippen LogP contribution in [0.15, 0.2) is 26.1 Å². The minimum absolute atomic E-state index is 0.0999. The molecule has 4 N–H and O–H groups in total. The number of carboxylic acids is 1. The number of aromatic nitrogens is 2. The average molecular weight is 641 g/mol. The topological polar surface area (TPSA) is 186 Å². The Kier molecular flexibility index (Phi) is 9.30. The minimum Gasteiger partial charge on any atom is -0.477 e. The first-order chi connectivity index (χ1) is 19.3. The number of anilines is 1. The number of rotatable bonds is 10. The highest BCUT2D eigenvalue weighted by Crippen LogP contribution is 2.42. The molecule has 0 radical (unpaired) electrons. The van der Waals surface area contributed by atoms with Crippen molar-refractivity contribution in [3.63, 3.8) is 0 Å². The Morgan fingerprint density at radius 3 is 2.66 bits per heavy atom. The normalized spacial score (nSPS) is 19.0. The number of oxime groups is 1. The van der Waals surface area contributed by atoms with Crippen molar-refractivity contribution in [1.82, 2.24) is 20.2 Å². The first kappa shape index (κ1) is 30.8. The maximum absolute atomic E-state index is 13.1. The number of carboxylic acid groups (broad SMARTS) is 1. The second-order valence-corrected chi connectivity index (χ2v) is 14.2. The number of nitrogens with one attached hydrogen (secondary N) is 1. The minimum atomic E-state index is -1.23. The largest absolute Gasteiger partial charge is 0.477 e. The average Bonchev–Trinajstić information content (AvgIpc) is 3.46. The summed E-state index contributed by atoms with van der Waals surface area (Å²) in [5, 5.41) is 17.5. The SMILES string of the molecule is CON=C(C(=O)N[C@@H]1C(=O)N2C(C(=O)O)=C(CSc3nc(C)c(CC(=O)OC(C)(C)C)s3)CS[C@@H]12)c1csc(N)n1. The van der Waals surface area contributed by atoms with Crippen molar-refractivity contribution in [3.05, 3.63) is 32.9 Å². The Hall–Kier alpha value is -3.15. The molecular formula is C24H28N6O7S4. The van der Waals surface area contributed by atoms with E-state index in [-0.39, 0.29) is 40.4 Å². The summed E-state index contributed by atoms with van der Waals surface area (Å²) in [6.07, 6.45) is 0.101. The highest BCUT2D eigenvalue weighted by Gasteiger charge is 2.54. The van der Waals surface area contributed by atoms with Crippen molar-refractivity contribution in [1.29, 1.82) is 0 Å². The number of fused-ring (bicyclic) bond motifs is 1. The molecule has 2 aliphatic rings. The molecule has 4 rings (SSSR count). The number of nitrogen functional groups attached to an aromatic ring is 1. The van der Waals surface area contributed by atoms with Crippen LogP contribution < -0.4 is 11.1 Å². The zero-order valence-electron chi connectivity index (χ0n) is 22.7. The van der Waals surface area contributed by atoms with E-state index in [1.165, 1.54) is 52.3 Å². The zero-order valence-corrected chi connectivity index (χ0v) is 26.0. The van der Waals surface area contributed by atoms with Gasteiger partial charge in [0.25, 0.3) is 11.8 Å². The number of esters is 1. The summed E-state index contributed by atoms with van der Waals surface area (Å²) in [4.78, 5) is 65.8. The predicted molar refractivity (Wildman–Crippen MR) is 157 cm³/mol. The monoisotopic (exact) mass is 640 g/mol. The molecule has 1 saturated heterocycles. The second-order valence-electron chi connectivity index (χ2n) is 9.85. The number of amides is 2. The smallest absolute Gasteiger partial charge is 0.352 e. The van der Waals surface area contributed by atoms with Crippen LogP contribution in [0.3, 0.4) is 0 Å². The van der Waals surface area contributed by atoms with Gasteiger partial charge in [0.05, 0.1) is 12.1 Å². The maximum Gasteiger partial charge on any atom is 0.352 e. The van der Waals surface area contributed by atoms with Gasteiger partial charge in [-0.05, 0) is 33.3 Å². The van der Waals surface area contributed by atoms with Crippen molar-refractivity contribution < 1.29 is 33.9 Å². The van der Waals surface area contributed by atoms with Gasteiger partial charge in [-0.25, -0.2) is 14.8 Å². The van der Waals surface area contributed by atoms with Crippen molar-refractivity contribution >= 4 is 80.8 Å². The number of β-lactam (4-membered cyclic amide) rings is 1. The molecule has 41 heavy (non-hydrogen) atoms. The summed E-state index contributed by atoms with van der Waals surface area (Å²) in [7, 11) is 1.27. The Balaban J connectivity index is 1.43. The second kappa shape index (κ2) is 12.4. The molecule has 2 aromatic rings. The van der Waals surface area contributed by atoms with E-state index >= 15 is 0 Å². The number of carbonyl (C=O) groups excluding carboxylic acids is 3. The van der Waals surface area contributed by atoms with Crippen LogP contribution in [0.4, 0.5) is 5.13 Å². The Bertz CT molecular complexity index is 1440. The highest BCUT2D eigenvalue weighted by atomic mass is 32.2. The maximum atomic E-state index is 13.1. The van der Waals surface area contributed by atoms with Gasteiger partial charge in [-0.2, -0.15) is 0 Å². The first-order valence-corrected chi connectivity index (χ1v) is 15.9. The summed E-state index contributed by atoms with van der Waals surface area (Å²) in [5.41, 5.74) is 6.29. The molecule has 0 aromatic carbocycles. The fourth-order valence-electron chi connectivity index (χ4n) is 3.98. The van der Waals surface area contributed by atoms with Crippen LogP contribution in [0.25, 0.3) is 0 Å². The number of thiazole rings is 2. The molecule has 1 fully saturated rings. The van der Waals surface area contributed by atoms with Gasteiger partial charge in [-0.15, -0.1) is 34.4 Å². The Morgan fingerprint density at radius 2 is 2.05 bits per heavy atom. The van der Waals surface area contributed by atoms with E-state index in [0.717, 1.165) is 16.2 Å². The summed E-state index contributed by atoms with van der Waals surface area (Å²) < 4.78 is 6.07. The highest BCUT2D eigenvalue weighted by molar-refractivity contribution is 8.01. The van der Waals surface area contributed by atoms with E-state index in [4.69, 9.17) is 15.3 Å². The molecule has 0 unspecified atom stereocenters. The van der Waals surface area contributed by atoms with Crippen molar-refractivity contribution in [3.8, 4) is 0 Å². The summed E-state index contributed by atoms with van der Waals surface area (Å²) in [6, 6.07) is -0.953. The van der Waals surface area contributed by atoms with E-state index in [1.54, 1.807) is 20.8 Å². The van der Waals surface area contributed by atoms with Crippen molar-refractivity contribution in [2.75, 3.05) is 24.3 Å². The molecule has 0 saturated carbocycles. The number of thioether (sulfide) groups is 2. The molecule has 2 aromatic heterocycles. The van der Waals surface area contributed by atoms with E-state index in [9.17, 15) is 24.3 Å². The number of aliphatic carboxylic acids is 1. The Labute approximate surface area is 251 Å². The van der Waals surface area contributed by atoms with Gasteiger partial charge in [0.2, 0.25) is 0 Å². The molecule has 2 amide bonds. The van der Waals surface area contributed by atoms with Gasteiger partial charge in [0.1, 0.15) is 35.5 Å². The third-order valence-corrected chi connectivity index (χ3v) is 10.1. The molecule has 2 atom stereocenters. The fourth-order valence-corrected chi connectivity index (χ4v) is 8.23. The van der Waals surface area contributed by atoms with Gasteiger partial charge < -0.3 is 25.7 Å². The molecule has 13 nitrogen and oxygen atoms in total. The molecule has 17 heteroatoms.